The minimum absolute atomic E-state index is 0.103. The van der Waals surface area contributed by atoms with Crippen LogP contribution in [-0.4, -0.2) is 41.1 Å². The van der Waals surface area contributed by atoms with Crippen molar-refractivity contribution in [3.8, 4) is 17.2 Å². The third kappa shape index (κ3) is 4.54. The number of hydrogen-bond acceptors (Lipinski definition) is 2. The molecule has 53 heavy (non-hydrogen) atoms. The number of para-hydroxylation sites is 6. The average Bonchev–Trinajstić information content (AvgIpc) is 3.76. The number of aromatic nitrogens is 3. The molecule has 0 saturated carbocycles. The molecule has 7 aromatic carbocycles. The summed E-state index contributed by atoms with van der Waals surface area (Å²) in [5, 5.41) is 5.20. The van der Waals surface area contributed by atoms with Crippen molar-refractivity contribution in [1.82, 2.24) is 14.0 Å². The molecule has 0 amide bonds. The van der Waals surface area contributed by atoms with Crippen LogP contribution in [0.25, 0.3) is 33.5 Å². The van der Waals surface area contributed by atoms with Crippen LogP contribution in [0.2, 0.25) is 13.1 Å². The van der Waals surface area contributed by atoms with Crippen molar-refractivity contribution in [1.29, 1.82) is 0 Å². The maximum absolute atomic E-state index is 7.21. The van der Waals surface area contributed by atoms with Crippen molar-refractivity contribution in [2.45, 2.75) is 17.8 Å². The highest BCUT2D eigenvalue weighted by Crippen LogP contribution is 2.47. The molecule has 2 aromatic heterocycles. The summed E-state index contributed by atoms with van der Waals surface area (Å²) in [5.74, 6) is 2.90. The molecule has 0 unspecified atom stereocenters. The van der Waals surface area contributed by atoms with E-state index in [-0.39, 0.29) is 4.66 Å². The van der Waals surface area contributed by atoms with Crippen molar-refractivity contribution >= 4 is 75.7 Å². The lowest BCUT2D eigenvalue weighted by Gasteiger charge is -2.42. The van der Waals surface area contributed by atoms with E-state index in [0.29, 0.717) is 19.0 Å². The molecule has 252 valence electrons. The summed E-state index contributed by atoms with van der Waals surface area (Å²) >= 11 is 0. The number of nitrogens with zero attached hydrogens (tertiary/aromatic N) is 3. The van der Waals surface area contributed by atoms with Gasteiger partial charge in [-0.05, 0) is 74.3 Å². The first-order valence-electron chi connectivity index (χ1n) is 18.1. The van der Waals surface area contributed by atoms with Gasteiger partial charge in [-0.15, -0.1) is 0 Å². The lowest BCUT2D eigenvalue weighted by molar-refractivity contribution is 0.455. The Kier molecular flexibility index (Phi) is 7.50. The molecule has 10 rings (SSSR count). The summed E-state index contributed by atoms with van der Waals surface area (Å²) in [6.07, 6.45) is 0. The minimum Gasteiger partial charge on any atom is -0.457 e. The zero-order valence-corrected chi connectivity index (χ0v) is 32.5. The molecule has 4 radical (unpaired) electrons. The van der Waals surface area contributed by atoms with E-state index in [1.165, 1.54) is 31.9 Å². The van der Waals surface area contributed by atoms with E-state index in [9.17, 15) is 0 Å². The van der Waals surface area contributed by atoms with Gasteiger partial charge < -0.3 is 4.74 Å². The Morgan fingerprint density at radius 3 is 1.87 bits per heavy atom. The van der Waals surface area contributed by atoms with Gasteiger partial charge in [0.05, 0.1) is 41.1 Å². The van der Waals surface area contributed by atoms with Gasteiger partial charge in [0.1, 0.15) is 11.5 Å². The molecule has 0 aliphatic carbocycles. The van der Waals surface area contributed by atoms with Gasteiger partial charge in [-0.3, -0.25) is 8.97 Å². The van der Waals surface area contributed by atoms with E-state index in [1.807, 2.05) is 0 Å². The smallest absolute Gasteiger partial charge is 0.220 e. The minimum atomic E-state index is -3.06. The van der Waals surface area contributed by atoms with Gasteiger partial charge in [0.15, 0.2) is 8.07 Å². The topological polar surface area (TPSA) is 31.5 Å². The summed E-state index contributed by atoms with van der Waals surface area (Å²) in [5.41, 5.74) is 8.05. The van der Waals surface area contributed by atoms with E-state index in [4.69, 9.17) is 9.72 Å². The van der Waals surface area contributed by atoms with Gasteiger partial charge in [-0.1, -0.05) is 147 Å². The van der Waals surface area contributed by atoms with Crippen LogP contribution in [0.1, 0.15) is 11.1 Å². The monoisotopic (exact) mass is 729 g/mol. The normalized spacial score (nSPS) is 13.5. The van der Waals surface area contributed by atoms with Crippen molar-refractivity contribution < 1.29 is 4.74 Å². The van der Waals surface area contributed by atoms with E-state index < -0.39 is 8.07 Å². The summed E-state index contributed by atoms with van der Waals surface area (Å²) < 4.78 is 11.7. The third-order valence-electron chi connectivity index (χ3n) is 11.1. The molecule has 9 aromatic rings. The quantitative estimate of drug-likeness (QED) is 0.125. The molecular formula is C46H35N3OSi3. The number of rotatable bonds is 7. The van der Waals surface area contributed by atoms with Crippen LogP contribution in [0.3, 0.4) is 0 Å². The fourth-order valence-electron chi connectivity index (χ4n) is 8.85. The van der Waals surface area contributed by atoms with E-state index in [1.54, 1.807) is 0 Å². The molecule has 4 nitrogen and oxygen atoms in total. The molecule has 1 aliphatic rings. The highest BCUT2D eigenvalue weighted by atomic mass is 28.3. The fourth-order valence-corrected chi connectivity index (χ4v) is 16.6. The van der Waals surface area contributed by atoms with Gasteiger partial charge in [-0.2, -0.15) is 0 Å². The Bertz CT molecular complexity index is 2770. The van der Waals surface area contributed by atoms with Gasteiger partial charge >= 0.3 is 0 Å². The van der Waals surface area contributed by atoms with Crippen molar-refractivity contribution in [2.75, 3.05) is 0 Å². The van der Waals surface area contributed by atoms with Gasteiger partial charge in [0, 0.05) is 10.3 Å². The maximum atomic E-state index is 7.21. The van der Waals surface area contributed by atoms with E-state index in [0.717, 1.165) is 45.0 Å². The molecular weight excluding hydrogens is 695 g/mol. The van der Waals surface area contributed by atoms with Gasteiger partial charge in [0.25, 0.3) is 0 Å². The molecule has 3 heterocycles. The standard InChI is InChI=1S/C46H35N3OSi3/c1-51-46(52-2)36-23-9-14-29-42(36)50-44-37(46)24-16-30-43(44)53(33-18-5-3-6-19-33,34-20-7-4-8-21-34)35-22-15-17-32(31-35)48-40-27-12-13-28-41(40)49-39-26-11-10-25-38(39)47-45(48)49/h3-31H,1-2H3. The second kappa shape index (κ2) is 12.4. The first-order valence-corrected chi connectivity index (χ1v) is 23.1. The fraction of sp³-hybridized carbons (Fsp3) is 0.0652. The number of ether oxygens (including phenoxy) is 1. The van der Waals surface area contributed by atoms with Crippen LogP contribution in [-0.2, 0) is 4.66 Å². The Balaban J connectivity index is 1.32. The number of imidazole rings is 2. The summed E-state index contributed by atoms with van der Waals surface area (Å²) in [6, 6.07) is 64.4. The van der Waals surface area contributed by atoms with Crippen LogP contribution in [0, 0.1) is 0 Å². The summed E-state index contributed by atoms with van der Waals surface area (Å²) in [4.78, 5) is 5.23. The van der Waals surface area contributed by atoms with Crippen LogP contribution in [0.5, 0.6) is 11.5 Å². The first kappa shape index (κ1) is 32.0. The van der Waals surface area contributed by atoms with Crippen LogP contribution in [0.4, 0.5) is 0 Å². The lowest BCUT2D eigenvalue weighted by Crippen LogP contribution is -2.75. The second-order valence-corrected chi connectivity index (χ2v) is 20.4. The predicted octanol–water partition coefficient (Wildman–Crippen LogP) is 7.62. The Labute approximate surface area is 315 Å². The molecule has 0 N–H and O–H groups in total. The highest BCUT2D eigenvalue weighted by molar-refractivity contribution is 7.20. The highest BCUT2D eigenvalue weighted by Gasteiger charge is 2.48. The molecule has 0 spiro atoms. The molecule has 0 saturated heterocycles. The van der Waals surface area contributed by atoms with E-state index >= 15 is 0 Å². The zero-order valence-electron chi connectivity index (χ0n) is 29.5. The number of hydrogen-bond donors (Lipinski definition) is 0. The van der Waals surface area contributed by atoms with Crippen molar-refractivity contribution in [3.63, 3.8) is 0 Å². The first-order chi connectivity index (χ1) is 26.2. The third-order valence-corrected chi connectivity index (χ3v) is 20.0. The Morgan fingerprint density at radius 1 is 0.547 bits per heavy atom. The predicted molar refractivity (Wildman–Crippen MR) is 224 cm³/mol. The van der Waals surface area contributed by atoms with Gasteiger partial charge in [-0.25, -0.2) is 4.98 Å². The molecule has 7 heteroatoms. The van der Waals surface area contributed by atoms with Crippen LogP contribution < -0.4 is 25.5 Å². The van der Waals surface area contributed by atoms with Crippen LogP contribution >= 0.6 is 0 Å². The summed E-state index contributed by atoms with van der Waals surface area (Å²) in [7, 11) is -1.69. The number of fused-ring (bicyclic) bond motifs is 7. The lowest BCUT2D eigenvalue weighted by atomic mass is 9.98. The summed E-state index contributed by atoms with van der Waals surface area (Å²) in [6.45, 7) is 4.72. The van der Waals surface area contributed by atoms with Crippen molar-refractivity contribution in [3.05, 3.63) is 187 Å². The second-order valence-electron chi connectivity index (χ2n) is 13.6. The van der Waals surface area contributed by atoms with Gasteiger partial charge in [0.2, 0.25) is 5.78 Å². The Morgan fingerprint density at radius 2 is 1.13 bits per heavy atom. The SMILES string of the molecule is C[Si]C1([Si]C)c2ccccc2Oc2c1cccc2[Si](c1ccccc1)(c1ccccc1)c1cccc(-n2c3ccccc3n3c4ccccc4nc23)c1. The molecule has 0 atom stereocenters. The molecule has 1 aliphatic heterocycles. The Hall–Kier alpha value is -5.74. The van der Waals surface area contributed by atoms with Crippen LogP contribution in [0.15, 0.2) is 176 Å². The molecule has 0 bridgehead atoms. The van der Waals surface area contributed by atoms with Crippen molar-refractivity contribution in [2.24, 2.45) is 0 Å². The van der Waals surface area contributed by atoms with E-state index in [2.05, 4.69) is 198 Å². The largest absolute Gasteiger partial charge is 0.457 e. The number of benzene rings is 7. The maximum Gasteiger partial charge on any atom is 0.220 e. The average molecular weight is 730 g/mol. The zero-order chi connectivity index (χ0) is 35.6. The molecule has 0 fully saturated rings.